The number of pyridine rings is 1. The van der Waals surface area contributed by atoms with Gasteiger partial charge in [-0.1, -0.05) is 0 Å². The summed E-state index contributed by atoms with van der Waals surface area (Å²) < 4.78 is 0. The van der Waals surface area contributed by atoms with Crippen LogP contribution in [0.5, 0.6) is 0 Å². The monoisotopic (exact) mass is 186 g/mol. The highest BCUT2D eigenvalue weighted by Crippen LogP contribution is 2.19. The molecule has 0 aliphatic heterocycles. The molecule has 0 saturated carbocycles. The Morgan fingerprint density at radius 2 is 2.42 bits per heavy atom. The number of hydrogen-bond acceptors (Lipinski definition) is 3. The molecule has 0 spiro atoms. The van der Waals surface area contributed by atoms with Gasteiger partial charge in [0.25, 0.3) is 5.69 Å². The van der Waals surface area contributed by atoms with Crippen LogP contribution < -0.4 is 0 Å². The fourth-order valence-electron chi connectivity index (χ4n) is 0.900. The van der Waals surface area contributed by atoms with Crippen LogP contribution in [0.25, 0.3) is 0 Å². The Kier molecular flexibility index (Phi) is 2.60. The fourth-order valence-corrected chi connectivity index (χ4v) is 1.17. The van der Waals surface area contributed by atoms with Crippen LogP contribution in [0.15, 0.2) is 12.3 Å². The molecule has 1 rings (SSSR count). The van der Waals surface area contributed by atoms with Crippen molar-refractivity contribution in [2.45, 2.75) is 12.8 Å². The Morgan fingerprint density at radius 3 is 2.92 bits per heavy atom. The molecule has 0 aliphatic rings. The minimum absolute atomic E-state index is 0.0700. The van der Waals surface area contributed by atoms with Gasteiger partial charge >= 0.3 is 0 Å². The first-order valence-electron chi connectivity index (χ1n) is 3.31. The lowest BCUT2D eigenvalue weighted by molar-refractivity contribution is -0.385. The SMILES string of the molecule is Cc1c([N+](=O)[O-])ccnc1CCl. The molecule has 1 aromatic heterocycles. The van der Waals surface area contributed by atoms with Crippen LogP contribution in [0, 0.1) is 17.0 Å². The summed E-state index contributed by atoms with van der Waals surface area (Å²) in [4.78, 5) is 13.9. The average Bonchev–Trinajstić information content (AvgIpc) is 2.04. The molecule has 0 saturated heterocycles. The Labute approximate surface area is 74.3 Å². The molecule has 4 nitrogen and oxygen atoms in total. The summed E-state index contributed by atoms with van der Waals surface area (Å²) in [6.45, 7) is 1.64. The molecule has 0 aliphatic carbocycles. The van der Waals surface area contributed by atoms with Gasteiger partial charge in [-0.05, 0) is 6.92 Å². The number of rotatable bonds is 2. The van der Waals surface area contributed by atoms with Gasteiger partial charge in [0.1, 0.15) is 0 Å². The summed E-state index contributed by atoms with van der Waals surface area (Å²) in [5.74, 6) is 0.202. The topological polar surface area (TPSA) is 56.0 Å². The molecule has 5 heteroatoms. The van der Waals surface area contributed by atoms with E-state index < -0.39 is 4.92 Å². The maximum Gasteiger partial charge on any atom is 0.275 e. The number of halogens is 1. The highest BCUT2D eigenvalue weighted by atomic mass is 35.5. The summed E-state index contributed by atoms with van der Waals surface area (Å²) in [6.07, 6.45) is 1.39. The van der Waals surface area contributed by atoms with Crippen molar-refractivity contribution >= 4 is 17.3 Å². The van der Waals surface area contributed by atoms with Crippen LogP contribution in [-0.4, -0.2) is 9.91 Å². The zero-order chi connectivity index (χ0) is 9.14. The maximum atomic E-state index is 10.4. The molecule has 1 aromatic rings. The van der Waals surface area contributed by atoms with Crippen LogP contribution in [0.3, 0.4) is 0 Å². The largest absolute Gasteiger partial charge is 0.275 e. The second-order valence-electron chi connectivity index (χ2n) is 2.29. The summed E-state index contributed by atoms with van der Waals surface area (Å²) in [6, 6.07) is 1.37. The minimum atomic E-state index is -0.437. The van der Waals surface area contributed by atoms with Gasteiger partial charge < -0.3 is 0 Å². The third-order valence-corrected chi connectivity index (χ3v) is 1.86. The number of aromatic nitrogens is 1. The van der Waals surface area contributed by atoms with Crippen molar-refractivity contribution in [2.24, 2.45) is 0 Å². The molecule has 0 amide bonds. The van der Waals surface area contributed by atoms with Gasteiger partial charge in [0, 0.05) is 17.8 Å². The predicted octanol–water partition coefficient (Wildman–Crippen LogP) is 2.04. The highest BCUT2D eigenvalue weighted by Gasteiger charge is 2.12. The number of hydrogen-bond donors (Lipinski definition) is 0. The number of nitrogens with zero attached hydrogens (tertiary/aromatic N) is 2. The van der Waals surface area contributed by atoms with Crippen LogP contribution in [0.4, 0.5) is 5.69 Å². The third-order valence-electron chi connectivity index (χ3n) is 1.60. The standard InChI is InChI=1S/C7H7ClN2O2/c1-5-6(4-8)9-3-2-7(5)10(11)12/h2-3H,4H2,1H3. The van der Waals surface area contributed by atoms with Gasteiger partial charge in [0.15, 0.2) is 0 Å². The van der Waals surface area contributed by atoms with Gasteiger partial charge in [-0.3, -0.25) is 15.1 Å². The van der Waals surface area contributed by atoms with E-state index in [0.29, 0.717) is 11.3 Å². The molecule has 0 fully saturated rings. The molecule has 0 unspecified atom stereocenters. The van der Waals surface area contributed by atoms with Gasteiger partial charge in [-0.15, -0.1) is 11.6 Å². The van der Waals surface area contributed by atoms with E-state index in [4.69, 9.17) is 11.6 Å². The third kappa shape index (κ3) is 1.53. The summed E-state index contributed by atoms with van der Waals surface area (Å²) >= 11 is 5.52. The van der Waals surface area contributed by atoms with Crippen molar-refractivity contribution in [3.05, 3.63) is 33.6 Å². The van der Waals surface area contributed by atoms with E-state index in [1.54, 1.807) is 6.92 Å². The highest BCUT2D eigenvalue weighted by molar-refractivity contribution is 6.17. The lowest BCUT2D eigenvalue weighted by atomic mass is 10.2. The molecule has 0 N–H and O–H groups in total. The van der Waals surface area contributed by atoms with Crippen LogP contribution >= 0.6 is 11.6 Å². The first kappa shape index (κ1) is 8.93. The van der Waals surface area contributed by atoms with Crippen molar-refractivity contribution in [1.82, 2.24) is 4.98 Å². The molecular weight excluding hydrogens is 180 g/mol. The van der Waals surface area contributed by atoms with E-state index in [1.165, 1.54) is 12.3 Å². The van der Waals surface area contributed by atoms with E-state index in [2.05, 4.69) is 4.98 Å². The normalized spacial score (nSPS) is 9.83. The lowest BCUT2D eigenvalue weighted by Crippen LogP contribution is -1.97. The molecule has 1 heterocycles. The molecule has 12 heavy (non-hydrogen) atoms. The van der Waals surface area contributed by atoms with E-state index in [1.807, 2.05) is 0 Å². The van der Waals surface area contributed by atoms with E-state index >= 15 is 0 Å². The molecule has 0 bridgehead atoms. The van der Waals surface area contributed by atoms with Gasteiger partial charge in [0.05, 0.1) is 16.5 Å². The Morgan fingerprint density at radius 1 is 1.75 bits per heavy atom. The molecule has 0 aromatic carbocycles. The van der Waals surface area contributed by atoms with Crippen molar-refractivity contribution < 1.29 is 4.92 Å². The van der Waals surface area contributed by atoms with Crippen molar-refractivity contribution in [3.8, 4) is 0 Å². The van der Waals surface area contributed by atoms with Crippen LogP contribution in [0.2, 0.25) is 0 Å². The second kappa shape index (κ2) is 3.49. The van der Waals surface area contributed by atoms with Crippen molar-refractivity contribution in [3.63, 3.8) is 0 Å². The second-order valence-corrected chi connectivity index (χ2v) is 2.56. The van der Waals surface area contributed by atoms with Gasteiger partial charge in [-0.25, -0.2) is 0 Å². The van der Waals surface area contributed by atoms with E-state index in [0.717, 1.165) is 0 Å². The summed E-state index contributed by atoms with van der Waals surface area (Å²) in [7, 11) is 0. The lowest BCUT2D eigenvalue weighted by Gasteiger charge is -1.99. The van der Waals surface area contributed by atoms with E-state index in [-0.39, 0.29) is 11.6 Å². The Balaban J connectivity index is 3.23. The maximum absolute atomic E-state index is 10.4. The number of nitro groups is 1. The molecule has 0 radical (unpaired) electrons. The Bertz CT molecular complexity index is 314. The average molecular weight is 187 g/mol. The fraction of sp³-hybridized carbons (Fsp3) is 0.286. The predicted molar refractivity (Wildman–Crippen MR) is 45.2 cm³/mol. The zero-order valence-electron chi connectivity index (χ0n) is 6.45. The van der Waals surface area contributed by atoms with E-state index in [9.17, 15) is 10.1 Å². The van der Waals surface area contributed by atoms with Gasteiger partial charge in [0.2, 0.25) is 0 Å². The first-order valence-corrected chi connectivity index (χ1v) is 3.85. The van der Waals surface area contributed by atoms with Crippen LogP contribution in [-0.2, 0) is 5.88 Å². The Hall–Kier alpha value is -1.16. The summed E-state index contributed by atoms with van der Waals surface area (Å²) in [5.41, 5.74) is 1.17. The molecule has 64 valence electrons. The number of alkyl halides is 1. The zero-order valence-corrected chi connectivity index (χ0v) is 7.21. The minimum Gasteiger partial charge on any atom is -0.259 e. The van der Waals surface area contributed by atoms with Crippen LogP contribution in [0.1, 0.15) is 11.3 Å². The summed E-state index contributed by atoms with van der Waals surface area (Å²) in [5, 5.41) is 10.4. The van der Waals surface area contributed by atoms with Crippen molar-refractivity contribution in [1.29, 1.82) is 0 Å². The molecule has 0 atom stereocenters. The van der Waals surface area contributed by atoms with Crippen molar-refractivity contribution in [2.75, 3.05) is 0 Å². The molecular formula is C7H7ClN2O2. The quantitative estimate of drug-likeness (QED) is 0.404. The van der Waals surface area contributed by atoms with Gasteiger partial charge in [-0.2, -0.15) is 0 Å². The first-order chi connectivity index (χ1) is 5.66. The smallest absolute Gasteiger partial charge is 0.259 e.